The van der Waals surface area contributed by atoms with Gasteiger partial charge in [-0.3, -0.25) is 0 Å². The number of aryl methyl sites for hydroxylation is 1. The number of benzene rings is 1. The molecular formula is C20H23N3O2. The van der Waals surface area contributed by atoms with Gasteiger partial charge in [0.25, 0.3) is 0 Å². The van der Waals surface area contributed by atoms with Crippen molar-refractivity contribution in [3.05, 3.63) is 52.7 Å². The zero-order valence-electron chi connectivity index (χ0n) is 14.5. The highest BCUT2D eigenvalue weighted by Gasteiger charge is 2.24. The largest absolute Gasteiger partial charge is 0.438 e. The van der Waals surface area contributed by atoms with Crippen LogP contribution < -0.4 is 4.74 Å². The molecule has 2 aromatic rings. The monoisotopic (exact) mass is 337 g/mol. The van der Waals surface area contributed by atoms with Crippen LogP contribution in [0.3, 0.4) is 0 Å². The first-order valence-corrected chi connectivity index (χ1v) is 8.99. The van der Waals surface area contributed by atoms with Crippen LogP contribution in [0.25, 0.3) is 0 Å². The van der Waals surface area contributed by atoms with Crippen LogP contribution in [0, 0.1) is 6.92 Å². The molecule has 1 aromatic carbocycles. The molecule has 0 unspecified atom stereocenters. The van der Waals surface area contributed by atoms with E-state index in [1.165, 1.54) is 23.1 Å². The summed E-state index contributed by atoms with van der Waals surface area (Å²) in [5, 5.41) is 13.1. The third kappa shape index (κ3) is 2.95. The molecule has 2 heterocycles. The molecule has 1 aromatic heterocycles. The van der Waals surface area contributed by atoms with Crippen LogP contribution in [-0.4, -0.2) is 34.0 Å². The van der Waals surface area contributed by atoms with Gasteiger partial charge in [-0.05, 0) is 73.9 Å². The molecule has 25 heavy (non-hydrogen) atoms. The van der Waals surface area contributed by atoms with Crippen LogP contribution in [0.15, 0.2) is 35.6 Å². The molecule has 130 valence electrons. The van der Waals surface area contributed by atoms with Gasteiger partial charge in [0.1, 0.15) is 5.75 Å². The average molecular weight is 337 g/mol. The Morgan fingerprint density at radius 3 is 2.72 bits per heavy atom. The van der Waals surface area contributed by atoms with Crippen molar-refractivity contribution in [2.75, 3.05) is 13.1 Å². The summed E-state index contributed by atoms with van der Waals surface area (Å²) >= 11 is 0. The maximum absolute atomic E-state index is 9.58. The lowest BCUT2D eigenvalue weighted by atomic mass is 10.0. The van der Waals surface area contributed by atoms with Gasteiger partial charge in [0.15, 0.2) is 5.84 Å². The van der Waals surface area contributed by atoms with Crippen LogP contribution in [0.2, 0.25) is 0 Å². The highest BCUT2D eigenvalue weighted by molar-refractivity contribution is 6.00. The van der Waals surface area contributed by atoms with Gasteiger partial charge in [-0.1, -0.05) is 11.2 Å². The minimum Gasteiger partial charge on any atom is -0.438 e. The third-order valence-electron chi connectivity index (χ3n) is 5.19. The Balaban J connectivity index is 1.70. The van der Waals surface area contributed by atoms with Crippen LogP contribution in [0.4, 0.5) is 0 Å². The molecule has 0 amide bonds. The van der Waals surface area contributed by atoms with E-state index in [0.29, 0.717) is 11.7 Å². The number of pyridine rings is 1. The molecule has 0 bridgehead atoms. The quantitative estimate of drug-likeness (QED) is 0.399. The number of likely N-dealkylation sites (tertiary alicyclic amines) is 1. The van der Waals surface area contributed by atoms with Gasteiger partial charge < -0.3 is 14.8 Å². The Morgan fingerprint density at radius 1 is 1.12 bits per heavy atom. The molecule has 1 aliphatic heterocycles. The number of nitrogens with zero attached hydrogens (tertiary/aromatic N) is 3. The molecule has 0 radical (unpaired) electrons. The van der Waals surface area contributed by atoms with Crippen molar-refractivity contribution in [2.45, 2.75) is 39.0 Å². The van der Waals surface area contributed by atoms with E-state index >= 15 is 0 Å². The molecule has 4 rings (SSSR count). The van der Waals surface area contributed by atoms with E-state index in [0.717, 1.165) is 50.1 Å². The molecule has 5 heteroatoms. The number of aromatic nitrogens is 1. The first-order valence-electron chi connectivity index (χ1n) is 8.99. The van der Waals surface area contributed by atoms with Crippen molar-refractivity contribution in [1.82, 2.24) is 9.88 Å². The predicted octanol–water partition coefficient (Wildman–Crippen LogP) is 3.90. The molecule has 1 N–H and O–H groups in total. The lowest BCUT2D eigenvalue weighted by Gasteiger charge is -2.20. The van der Waals surface area contributed by atoms with E-state index in [4.69, 9.17) is 4.74 Å². The van der Waals surface area contributed by atoms with Gasteiger partial charge in [0.2, 0.25) is 5.88 Å². The van der Waals surface area contributed by atoms with E-state index in [1.54, 1.807) is 6.20 Å². The molecule has 0 atom stereocenters. The number of hydrogen-bond acceptors (Lipinski definition) is 4. The zero-order valence-corrected chi connectivity index (χ0v) is 14.5. The van der Waals surface area contributed by atoms with Crippen LogP contribution >= 0.6 is 0 Å². The molecule has 5 nitrogen and oxygen atoms in total. The number of fused-ring (bicyclic) bond motifs is 1. The second-order valence-electron chi connectivity index (χ2n) is 6.77. The number of rotatable bonds is 3. The molecule has 1 fully saturated rings. The average Bonchev–Trinajstić information content (AvgIpc) is 3.32. The van der Waals surface area contributed by atoms with E-state index in [9.17, 15) is 5.21 Å². The summed E-state index contributed by atoms with van der Waals surface area (Å²) in [6, 6.07) is 7.90. The van der Waals surface area contributed by atoms with Crippen LogP contribution in [0.5, 0.6) is 11.6 Å². The highest BCUT2D eigenvalue weighted by atomic mass is 16.5. The first-order chi connectivity index (χ1) is 12.3. The summed E-state index contributed by atoms with van der Waals surface area (Å²) in [5.41, 5.74) is 4.76. The standard InChI is InChI=1S/C20H23N3O2/c1-14-9-10-18(16-7-4-6-15(14)16)25-20-17(8-5-11-21-20)19(22-24)23-12-2-3-13-23/h5,8-11,24H,2-4,6-7,12-13H2,1H3/b22-19-. The van der Waals surface area contributed by atoms with Crippen molar-refractivity contribution < 1.29 is 9.94 Å². The SMILES string of the molecule is Cc1ccc(Oc2ncccc2/C(=N/O)N2CCCC2)c2c1CCC2. The van der Waals surface area contributed by atoms with Crippen LogP contribution in [-0.2, 0) is 12.8 Å². The van der Waals surface area contributed by atoms with Crippen molar-refractivity contribution in [3.63, 3.8) is 0 Å². The summed E-state index contributed by atoms with van der Waals surface area (Å²) in [6.45, 7) is 3.95. The van der Waals surface area contributed by atoms with Gasteiger partial charge in [-0.2, -0.15) is 0 Å². The zero-order chi connectivity index (χ0) is 17.2. The van der Waals surface area contributed by atoms with Crippen molar-refractivity contribution in [1.29, 1.82) is 0 Å². The Kier molecular flexibility index (Phi) is 4.30. The Hall–Kier alpha value is -2.56. The van der Waals surface area contributed by atoms with Gasteiger partial charge >= 0.3 is 0 Å². The second kappa shape index (κ2) is 6.75. The van der Waals surface area contributed by atoms with E-state index < -0.39 is 0 Å². The predicted molar refractivity (Wildman–Crippen MR) is 96.6 cm³/mol. The molecule has 1 saturated heterocycles. The molecule has 0 saturated carbocycles. The van der Waals surface area contributed by atoms with Crippen LogP contribution in [0.1, 0.15) is 41.5 Å². The van der Waals surface area contributed by atoms with Gasteiger partial charge in [-0.25, -0.2) is 4.98 Å². The van der Waals surface area contributed by atoms with Crippen molar-refractivity contribution in [2.24, 2.45) is 5.16 Å². The smallest absolute Gasteiger partial charge is 0.230 e. The number of oxime groups is 1. The Morgan fingerprint density at radius 2 is 1.92 bits per heavy atom. The molecule has 2 aliphatic rings. The number of hydrogen-bond donors (Lipinski definition) is 1. The van der Waals surface area contributed by atoms with Gasteiger partial charge in [0, 0.05) is 19.3 Å². The minimum absolute atomic E-state index is 0.500. The highest BCUT2D eigenvalue weighted by Crippen LogP contribution is 2.36. The lowest BCUT2D eigenvalue weighted by Crippen LogP contribution is -2.29. The fourth-order valence-electron chi connectivity index (χ4n) is 3.91. The summed E-state index contributed by atoms with van der Waals surface area (Å²) < 4.78 is 6.22. The van der Waals surface area contributed by atoms with Gasteiger partial charge in [0.05, 0.1) is 5.56 Å². The molecule has 0 spiro atoms. The number of amidine groups is 1. The van der Waals surface area contributed by atoms with E-state index in [1.807, 2.05) is 18.2 Å². The second-order valence-corrected chi connectivity index (χ2v) is 6.77. The maximum Gasteiger partial charge on any atom is 0.230 e. The topological polar surface area (TPSA) is 58.0 Å². The van der Waals surface area contributed by atoms with E-state index in [2.05, 4.69) is 28.0 Å². The van der Waals surface area contributed by atoms with Crippen molar-refractivity contribution >= 4 is 5.84 Å². The third-order valence-corrected chi connectivity index (χ3v) is 5.19. The fraction of sp³-hybridized carbons (Fsp3) is 0.400. The van der Waals surface area contributed by atoms with Crippen molar-refractivity contribution in [3.8, 4) is 11.6 Å². The maximum atomic E-state index is 9.58. The first kappa shape index (κ1) is 15.9. The van der Waals surface area contributed by atoms with E-state index in [-0.39, 0.29) is 0 Å². The Bertz CT molecular complexity index is 811. The fourth-order valence-corrected chi connectivity index (χ4v) is 3.91. The summed E-state index contributed by atoms with van der Waals surface area (Å²) in [5.74, 6) is 1.92. The normalized spacial score (nSPS) is 17.0. The van der Waals surface area contributed by atoms with Gasteiger partial charge in [-0.15, -0.1) is 0 Å². The summed E-state index contributed by atoms with van der Waals surface area (Å²) in [4.78, 5) is 6.51. The minimum atomic E-state index is 0.500. The number of ether oxygens (including phenoxy) is 1. The Labute approximate surface area is 147 Å². The summed E-state index contributed by atoms with van der Waals surface area (Å²) in [7, 11) is 0. The molecule has 1 aliphatic carbocycles. The molecular weight excluding hydrogens is 314 g/mol. The lowest BCUT2D eigenvalue weighted by molar-refractivity contribution is 0.306. The summed E-state index contributed by atoms with van der Waals surface area (Å²) in [6.07, 6.45) is 7.27.